The number of fused-ring (bicyclic) bond motifs is 2. The molecule has 1 unspecified atom stereocenters. The van der Waals surface area contributed by atoms with Gasteiger partial charge >= 0.3 is 0 Å². The Morgan fingerprint density at radius 1 is 1.39 bits per heavy atom. The molecule has 0 saturated heterocycles. The maximum absolute atomic E-state index is 12.7. The number of carbonyl (C=O) groups excluding carboxylic acids is 2. The molecule has 0 radical (unpaired) electrons. The van der Waals surface area contributed by atoms with E-state index in [2.05, 4.69) is 16.7 Å². The maximum atomic E-state index is 12.7. The summed E-state index contributed by atoms with van der Waals surface area (Å²) in [6.45, 7) is 1.79. The quantitative estimate of drug-likeness (QED) is 0.829. The van der Waals surface area contributed by atoms with Gasteiger partial charge in [-0.05, 0) is 49.9 Å². The number of nitrogens with zero attached hydrogens (tertiary/aromatic N) is 2. The number of benzene rings is 1. The molecule has 4 rings (SSSR count). The lowest BCUT2D eigenvalue weighted by atomic mass is 10.1. The highest BCUT2D eigenvalue weighted by molar-refractivity contribution is 7.16. The Hall–Kier alpha value is -3.05. The molecule has 0 fully saturated rings. The predicted molar refractivity (Wildman–Crippen MR) is 108 cm³/mol. The Balaban J connectivity index is 1.47. The zero-order chi connectivity index (χ0) is 19.8. The number of ether oxygens (including phenoxy) is 1. The normalized spacial score (nSPS) is 15.9. The average Bonchev–Trinajstić information content (AvgIpc) is 3.25. The van der Waals surface area contributed by atoms with Crippen molar-refractivity contribution in [3.05, 3.63) is 34.2 Å². The molecule has 1 aromatic carbocycles. The second-order valence-electron chi connectivity index (χ2n) is 6.95. The Morgan fingerprint density at radius 2 is 2.21 bits per heavy atom. The number of thiophene rings is 1. The van der Waals surface area contributed by atoms with Crippen LogP contribution >= 0.6 is 11.3 Å². The van der Waals surface area contributed by atoms with Gasteiger partial charge in [0.25, 0.3) is 5.91 Å². The van der Waals surface area contributed by atoms with Gasteiger partial charge in [-0.25, -0.2) is 0 Å². The molecule has 2 aromatic rings. The molecule has 0 spiro atoms. The van der Waals surface area contributed by atoms with Crippen molar-refractivity contribution < 1.29 is 14.3 Å². The van der Waals surface area contributed by atoms with Crippen LogP contribution in [-0.4, -0.2) is 31.5 Å². The second kappa shape index (κ2) is 7.17. The number of aryl methyl sites for hydroxylation is 1. The summed E-state index contributed by atoms with van der Waals surface area (Å²) in [5, 5.41) is 16.1. The molecule has 144 valence electrons. The van der Waals surface area contributed by atoms with Crippen LogP contribution in [0.4, 0.5) is 16.4 Å². The minimum Gasteiger partial charge on any atom is -0.482 e. The van der Waals surface area contributed by atoms with Crippen LogP contribution in [0.25, 0.3) is 0 Å². The van der Waals surface area contributed by atoms with E-state index in [0.717, 1.165) is 24.8 Å². The van der Waals surface area contributed by atoms with Gasteiger partial charge in [-0.3, -0.25) is 9.59 Å². The lowest BCUT2D eigenvalue weighted by Gasteiger charge is -2.26. The number of nitrogens with one attached hydrogen (secondary N) is 2. The van der Waals surface area contributed by atoms with E-state index in [-0.39, 0.29) is 18.4 Å². The van der Waals surface area contributed by atoms with Crippen LogP contribution in [0, 0.1) is 11.3 Å². The smallest absolute Gasteiger partial charge is 0.264 e. The maximum Gasteiger partial charge on any atom is 0.264 e. The first kappa shape index (κ1) is 18.3. The van der Waals surface area contributed by atoms with E-state index >= 15 is 0 Å². The summed E-state index contributed by atoms with van der Waals surface area (Å²) in [5.74, 6) is 0.302. The second-order valence-corrected chi connectivity index (χ2v) is 8.06. The first-order valence-electron chi connectivity index (χ1n) is 9.13. The van der Waals surface area contributed by atoms with Crippen LogP contribution in [0.1, 0.15) is 29.3 Å². The summed E-state index contributed by atoms with van der Waals surface area (Å²) in [5.41, 5.74) is 3.06. The van der Waals surface area contributed by atoms with Gasteiger partial charge in [0.2, 0.25) is 5.91 Å². The van der Waals surface area contributed by atoms with Crippen molar-refractivity contribution in [3.8, 4) is 11.8 Å². The van der Waals surface area contributed by atoms with Gasteiger partial charge in [-0.2, -0.15) is 5.26 Å². The van der Waals surface area contributed by atoms with Gasteiger partial charge < -0.3 is 20.3 Å². The lowest BCUT2D eigenvalue weighted by molar-refractivity contribution is -0.121. The van der Waals surface area contributed by atoms with Crippen molar-refractivity contribution in [1.29, 1.82) is 5.26 Å². The Bertz CT molecular complexity index is 1010. The molecule has 28 heavy (non-hydrogen) atoms. The van der Waals surface area contributed by atoms with E-state index in [9.17, 15) is 14.9 Å². The van der Waals surface area contributed by atoms with Crippen molar-refractivity contribution in [2.24, 2.45) is 0 Å². The fraction of sp³-hybridized carbons (Fsp3) is 0.350. The van der Waals surface area contributed by atoms with Crippen molar-refractivity contribution >= 4 is 39.5 Å². The van der Waals surface area contributed by atoms with Gasteiger partial charge in [0.15, 0.2) is 6.61 Å². The number of hydrogen-bond donors (Lipinski definition) is 2. The molecule has 1 aliphatic carbocycles. The zero-order valence-electron chi connectivity index (χ0n) is 15.7. The van der Waals surface area contributed by atoms with Crippen LogP contribution in [0.3, 0.4) is 0 Å². The van der Waals surface area contributed by atoms with E-state index in [4.69, 9.17) is 4.74 Å². The largest absolute Gasteiger partial charge is 0.482 e. The number of carbonyl (C=O) groups is 2. The SMILES string of the molecule is CC(Nc1ccc2c(c1)N(C)C(=O)CO2)C(=O)Nc1sc2c(c1C#N)CCC2. The third kappa shape index (κ3) is 3.18. The molecule has 1 aliphatic heterocycles. The number of nitriles is 1. The van der Waals surface area contributed by atoms with Crippen LogP contribution in [0.15, 0.2) is 18.2 Å². The summed E-state index contributed by atoms with van der Waals surface area (Å²) >= 11 is 1.50. The molecular weight excluding hydrogens is 376 g/mol. The molecular formula is C20H20N4O3S. The fourth-order valence-electron chi connectivity index (χ4n) is 3.51. The number of anilines is 3. The zero-order valence-corrected chi connectivity index (χ0v) is 16.5. The van der Waals surface area contributed by atoms with Crippen LogP contribution in [-0.2, 0) is 22.4 Å². The van der Waals surface area contributed by atoms with Crippen LogP contribution in [0.2, 0.25) is 0 Å². The number of amides is 2. The first-order chi connectivity index (χ1) is 13.5. The van der Waals surface area contributed by atoms with E-state index in [1.165, 1.54) is 16.2 Å². The van der Waals surface area contributed by atoms with E-state index in [1.807, 2.05) is 6.07 Å². The predicted octanol–water partition coefficient (Wildman–Crippen LogP) is 2.90. The van der Waals surface area contributed by atoms with Crippen molar-refractivity contribution in [3.63, 3.8) is 0 Å². The minimum atomic E-state index is -0.521. The molecule has 0 bridgehead atoms. The number of hydrogen-bond acceptors (Lipinski definition) is 6. The van der Waals surface area contributed by atoms with Crippen LogP contribution in [0.5, 0.6) is 5.75 Å². The molecule has 2 heterocycles. The van der Waals surface area contributed by atoms with Crippen molar-refractivity contribution in [2.45, 2.75) is 32.2 Å². The highest BCUT2D eigenvalue weighted by Gasteiger charge is 2.25. The minimum absolute atomic E-state index is 0.0289. The van der Waals surface area contributed by atoms with E-state index in [1.54, 1.807) is 31.0 Å². The van der Waals surface area contributed by atoms with Crippen molar-refractivity contribution in [1.82, 2.24) is 0 Å². The van der Waals surface area contributed by atoms with E-state index in [0.29, 0.717) is 27.7 Å². The molecule has 8 heteroatoms. The van der Waals surface area contributed by atoms with Gasteiger partial charge in [0.1, 0.15) is 22.9 Å². The topological polar surface area (TPSA) is 94.5 Å². The number of rotatable bonds is 4. The fourth-order valence-corrected chi connectivity index (χ4v) is 4.75. The van der Waals surface area contributed by atoms with Gasteiger partial charge in [-0.15, -0.1) is 11.3 Å². The molecule has 1 aromatic heterocycles. The van der Waals surface area contributed by atoms with E-state index < -0.39 is 6.04 Å². The molecule has 7 nitrogen and oxygen atoms in total. The average molecular weight is 396 g/mol. The Morgan fingerprint density at radius 3 is 3.00 bits per heavy atom. The standard InChI is InChI=1S/C20H20N4O3S/c1-11(19(26)23-20-14(9-21)13-4-3-5-17(13)28-20)22-12-6-7-16-15(8-12)24(2)18(25)10-27-16/h6-8,11,22H,3-5,10H2,1-2H3,(H,23,26). The summed E-state index contributed by atoms with van der Waals surface area (Å²) in [7, 11) is 1.70. The Labute approximate surface area is 166 Å². The van der Waals surface area contributed by atoms with Gasteiger partial charge in [0, 0.05) is 17.6 Å². The van der Waals surface area contributed by atoms with Gasteiger partial charge in [0.05, 0.1) is 11.3 Å². The molecule has 2 N–H and O–H groups in total. The summed E-state index contributed by atoms with van der Waals surface area (Å²) < 4.78 is 5.42. The lowest BCUT2D eigenvalue weighted by Crippen LogP contribution is -2.35. The molecule has 2 amide bonds. The summed E-state index contributed by atoms with van der Waals surface area (Å²) in [4.78, 5) is 27.2. The monoisotopic (exact) mass is 396 g/mol. The van der Waals surface area contributed by atoms with Gasteiger partial charge in [-0.1, -0.05) is 0 Å². The molecule has 2 aliphatic rings. The third-order valence-electron chi connectivity index (χ3n) is 5.09. The Kier molecular flexibility index (Phi) is 4.69. The van der Waals surface area contributed by atoms with Crippen LogP contribution < -0.4 is 20.3 Å². The molecule has 0 saturated carbocycles. The third-order valence-corrected chi connectivity index (χ3v) is 6.30. The highest BCUT2D eigenvalue weighted by Crippen LogP contribution is 2.38. The summed E-state index contributed by atoms with van der Waals surface area (Å²) in [6.07, 6.45) is 2.95. The first-order valence-corrected chi connectivity index (χ1v) is 9.95. The summed E-state index contributed by atoms with van der Waals surface area (Å²) in [6, 6.07) is 7.10. The number of likely N-dealkylation sites (N-methyl/N-ethyl adjacent to an activating group) is 1. The molecule has 1 atom stereocenters. The highest BCUT2D eigenvalue weighted by atomic mass is 32.1. The van der Waals surface area contributed by atoms with Crippen molar-refractivity contribution in [2.75, 3.05) is 29.2 Å².